The molecule has 0 heterocycles. The van der Waals surface area contributed by atoms with Crippen molar-refractivity contribution in [3.8, 4) is 23.0 Å². The van der Waals surface area contributed by atoms with Crippen molar-refractivity contribution < 1.29 is 18.1 Å². The van der Waals surface area contributed by atoms with E-state index in [0.29, 0.717) is 0 Å². The fourth-order valence-corrected chi connectivity index (χ4v) is 8.24. The molecule has 4 nitrogen and oxygen atoms in total. The molecule has 268 valence electrons. The average Bonchev–Trinajstić information content (AvgIpc) is 3.20. The Morgan fingerprint density at radius 1 is 0.278 bits per heavy atom. The van der Waals surface area contributed by atoms with Gasteiger partial charge in [0.1, 0.15) is 23.0 Å². The SMILES string of the molecule is Cc1ccc(OP(Oc2ccc(C)cc2)c2ccc3ccccc3c2)cc1.Cc1ccc(OP(Oc2ccc(C)cc2)c2ccc3ccccc3c2)cc1. The first kappa shape index (κ1) is 36.7. The number of hydrogen-bond donors (Lipinski definition) is 0. The Labute approximate surface area is 320 Å². The molecule has 0 spiro atoms. The zero-order valence-electron chi connectivity index (χ0n) is 30.8. The summed E-state index contributed by atoms with van der Waals surface area (Å²) in [6.45, 7) is 8.27. The van der Waals surface area contributed by atoms with Crippen molar-refractivity contribution in [3.05, 3.63) is 204 Å². The van der Waals surface area contributed by atoms with Gasteiger partial charge in [-0.3, -0.25) is 0 Å². The van der Waals surface area contributed by atoms with E-state index in [1.807, 2.05) is 48.5 Å². The van der Waals surface area contributed by atoms with Gasteiger partial charge < -0.3 is 18.1 Å². The van der Waals surface area contributed by atoms with Crippen molar-refractivity contribution in [2.24, 2.45) is 0 Å². The highest BCUT2D eigenvalue weighted by Crippen LogP contribution is 2.42. The summed E-state index contributed by atoms with van der Waals surface area (Å²) in [5, 5.41) is 6.88. The van der Waals surface area contributed by atoms with Crippen LogP contribution in [-0.4, -0.2) is 0 Å². The van der Waals surface area contributed by atoms with Crippen molar-refractivity contribution >= 4 is 48.9 Å². The predicted octanol–water partition coefficient (Wildman–Crippen LogP) is 13.1. The Balaban J connectivity index is 0.000000167. The van der Waals surface area contributed by atoms with Gasteiger partial charge in [0.25, 0.3) is 0 Å². The van der Waals surface area contributed by atoms with Crippen LogP contribution in [0.2, 0.25) is 0 Å². The molecule has 0 saturated heterocycles. The maximum absolute atomic E-state index is 6.28. The van der Waals surface area contributed by atoms with E-state index < -0.39 is 16.8 Å². The number of aryl methyl sites for hydroxylation is 4. The molecule has 0 N–H and O–H groups in total. The van der Waals surface area contributed by atoms with Gasteiger partial charge >= 0.3 is 16.8 Å². The van der Waals surface area contributed by atoms with Crippen LogP contribution in [0.25, 0.3) is 21.5 Å². The van der Waals surface area contributed by atoms with E-state index in [1.165, 1.54) is 43.8 Å². The molecule has 0 radical (unpaired) electrons. The fraction of sp³-hybridized carbons (Fsp3) is 0.0833. The van der Waals surface area contributed by atoms with Crippen LogP contribution in [0.3, 0.4) is 0 Å². The number of fused-ring (bicyclic) bond motifs is 2. The Bertz CT molecular complexity index is 2160. The minimum absolute atomic E-state index is 0.812. The standard InChI is InChI=1S/2C24H21O2P/c2*1-18-7-12-22(13-8-18)25-27(26-23-14-9-19(2)10-15-23)24-16-11-20-5-3-4-6-21(20)17-24/h2*3-17H,1-2H3. The smallest absolute Gasteiger partial charge is 0.326 e. The maximum Gasteiger partial charge on any atom is 0.326 e. The van der Waals surface area contributed by atoms with Gasteiger partial charge in [0.05, 0.1) is 10.6 Å². The van der Waals surface area contributed by atoms with Crippen molar-refractivity contribution in [1.82, 2.24) is 0 Å². The minimum atomic E-state index is -1.30. The Kier molecular flexibility index (Phi) is 11.9. The van der Waals surface area contributed by atoms with Crippen LogP contribution in [-0.2, 0) is 0 Å². The van der Waals surface area contributed by atoms with Gasteiger partial charge in [0.2, 0.25) is 0 Å². The molecule has 0 bridgehead atoms. The molecule has 54 heavy (non-hydrogen) atoms. The molecule has 0 unspecified atom stereocenters. The lowest BCUT2D eigenvalue weighted by Crippen LogP contribution is -2.10. The van der Waals surface area contributed by atoms with Gasteiger partial charge in [-0.05, 0) is 122 Å². The Morgan fingerprint density at radius 3 is 0.815 bits per heavy atom. The first-order valence-corrected chi connectivity index (χ1v) is 20.3. The van der Waals surface area contributed by atoms with E-state index in [2.05, 4.69) is 161 Å². The molecule has 0 aliphatic carbocycles. The lowest BCUT2D eigenvalue weighted by molar-refractivity contribution is 0.501. The molecule has 8 rings (SSSR count). The molecule has 8 aromatic carbocycles. The molecular formula is C48H42O4P2. The highest BCUT2D eigenvalue weighted by Gasteiger charge is 2.20. The van der Waals surface area contributed by atoms with Crippen LogP contribution in [0.1, 0.15) is 22.3 Å². The molecule has 6 heteroatoms. The van der Waals surface area contributed by atoms with Crippen molar-refractivity contribution in [2.45, 2.75) is 27.7 Å². The fourth-order valence-electron chi connectivity index (χ4n) is 5.61. The van der Waals surface area contributed by atoms with Crippen molar-refractivity contribution in [1.29, 1.82) is 0 Å². The van der Waals surface area contributed by atoms with E-state index >= 15 is 0 Å². The number of rotatable bonds is 10. The molecular weight excluding hydrogens is 702 g/mol. The van der Waals surface area contributed by atoms with Gasteiger partial charge in [-0.25, -0.2) is 0 Å². The highest BCUT2D eigenvalue weighted by molar-refractivity contribution is 7.57. The lowest BCUT2D eigenvalue weighted by Gasteiger charge is -2.19. The van der Waals surface area contributed by atoms with Crippen LogP contribution < -0.4 is 28.7 Å². The summed E-state index contributed by atoms with van der Waals surface area (Å²) >= 11 is 0. The number of benzene rings is 8. The average molecular weight is 745 g/mol. The van der Waals surface area contributed by atoms with E-state index in [9.17, 15) is 0 Å². The normalized spacial score (nSPS) is 10.9. The summed E-state index contributed by atoms with van der Waals surface area (Å²) in [7, 11) is -2.60. The lowest BCUT2D eigenvalue weighted by atomic mass is 10.1. The molecule has 0 aromatic heterocycles. The van der Waals surface area contributed by atoms with Gasteiger partial charge in [-0.1, -0.05) is 131 Å². The summed E-state index contributed by atoms with van der Waals surface area (Å²) < 4.78 is 25.1. The van der Waals surface area contributed by atoms with Crippen LogP contribution >= 0.6 is 16.8 Å². The molecule has 0 fully saturated rings. The summed E-state index contributed by atoms with van der Waals surface area (Å²) in [4.78, 5) is 0. The zero-order valence-corrected chi connectivity index (χ0v) is 32.6. The van der Waals surface area contributed by atoms with Crippen molar-refractivity contribution in [3.63, 3.8) is 0 Å². The monoisotopic (exact) mass is 744 g/mol. The van der Waals surface area contributed by atoms with Crippen LogP contribution in [0.5, 0.6) is 23.0 Å². The van der Waals surface area contributed by atoms with E-state index in [-0.39, 0.29) is 0 Å². The molecule has 8 aromatic rings. The summed E-state index contributed by atoms with van der Waals surface area (Å²) in [5.41, 5.74) is 4.82. The maximum atomic E-state index is 6.28. The largest absolute Gasteiger partial charge is 0.435 e. The highest BCUT2D eigenvalue weighted by atomic mass is 31.2. The van der Waals surface area contributed by atoms with E-state index in [0.717, 1.165) is 33.6 Å². The third kappa shape index (κ3) is 9.85. The van der Waals surface area contributed by atoms with Crippen LogP contribution in [0.15, 0.2) is 182 Å². The third-order valence-electron chi connectivity index (χ3n) is 8.72. The summed E-state index contributed by atoms with van der Waals surface area (Å²) in [5.74, 6) is 3.25. The van der Waals surface area contributed by atoms with Crippen molar-refractivity contribution in [2.75, 3.05) is 0 Å². The first-order chi connectivity index (χ1) is 26.3. The topological polar surface area (TPSA) is 36.9 Å². The number of hydrogen-bond acceptors (Lipinski definition) is 4. The van der Waals surface area contributed by atoms with Gasteiger partial charge in [-0.15, -0.1) is 0 Å². The molecule has 0 amide bonds. The molecule has 0 atom stereocenters. The third-order valence-corrected chi connectivity index (χ3v) is 11.6. The Morgan fingerprint density at radius 2 is 0.537 bits per heavy atom. The quantitative estimate of drug-likeness (QED) is 0.131. The molecule has 0 saturated carbocycles. The van der Waals surface area contributed by atoms with Gasteiger partial charge in [0.15, 0.2) is 0 Å². The van der Waals surface area contributed by atoms with Crippen LogP contribution in [0, 0.1) is 27.7 Å². The van der Waals surface area contributed by atoms with Crippen LogP contribution in [0.4, 0.5) is 0 Å². The predicted molar refractivity (Wildman–Crippen MR) is 228 cm³/mol. The Hall–Kier alpha value is -5.66. The van der Waals surface area contributed by atoms with Gasteiger partial charge in [0, 0.05) is 0 Å². The first-order valence-electron chi connectivity index (χ1n) is 17.9. The van der Waals surface area contributed by atoms with Gasteiger partial charge in [-0.2, -0.15) is 0 Å². The molecule has 0 aliphatic heterocycles. The summed E-state index contributed by atoms with van der Waals surface area (Å²) in [6.07, 6.45) is 0. The second-order valence-corrected chi connectivity index (χ2v) is 16.0. The second kappa shape index (κ2) is 17.4. The second-order valence-electron chi connectivity index (χ2n) is 13.2. The summed E-state index contributed by atoms with van der Waals surface area (Å²) in [6, 6.07) is 61.7. The van der Waals surface area contributed by atoms with E-state index in [1.54, 1.807) is 0 Å². The molecule has 0 aliphatic rings. The zero-order chi connectivity index (χ0) is 37.3. The minimum Gasteiger partial charge on any atom is -0.435 e. The van der Waals surface area contributed by atoms with E-state index in [4.69, 9.17) is 18.1 Å².